The normalized spacial score (nSPS) is 11.8. The predicted molar refractivity (Wildman–Crippen MR) is 75.9 cm³/mol. The summed E-state index contributed by atoms with van der Waals surface area (Å²) in [6.45, 7) is 2.94. The molecule has 6 nitrogen and oxygen atoms in total. The number of amides is 2. The highest BCUT2D eigenvalue weighted by Crippen LogP contribution is 2.13. The Morgan fingerprint density at radius 3 is 2.40 bits per heavy atom. The minimum absolute atomic E-state index is 0.146. The van der Waals surface area contributed by atoms with Crippen molar-refractivity contribution in [3.63, 3.8) is 0 Å². The minimum atomic E-state index is -0.889. The predicted octanol–water partition coefficient (Wildman–Crippen LogP) is 0.246. The SMILES string of the molecule is CCOc1ccc(CN(C)C(=O)C(N)CC(N)=O)cc1. The van der Waals surface area contributed by atoms with Crippen LogP contribution in [-0.4, -0.2) is 36.4 Å². The molecule has 0 bridgehead atoms. The average molecular weight is 279 g/mol. The third-order valence-corrected chi connectivity index (χ3v) is 2.77. The van der Waals surface area contributed by atoms with Gasteiger partial charge >= 0.3 is 0 Å². The summed E-state index contributed by atoms with van der Waals surface area (Å²) < 4.78 is 5.34. The Bertz CT molecular complexity index is 459. The van der Waals surface area contributed by atoms with Crippen molar-refractivity contribution in [2.75, 3.05) is 13.7 Å². The molecule has 0 aromatic heterocycles. The van der Waals surface area contributed by atoms with Gasteiger partial charge in [0.2, 0.25) is 11.8 Å². The molecule has 1 aromatic rings. The fourth-order valence-corrected chi connectivity index (χ4v) is 1.80. The Labute approximate surface area is 118 Å². The van der Waals surface area contributed by atoms with E-state index in [0.29, 0.717) is 13.2 Å². The summed E-state index contributed by atoms with van der Waals surface area (Å²) in [6.07, 6.45) is -0.146. The van der Waals surface area contributed by atoms with E-state index >= 15 is 0 Å². The quantitative estimate of drug-likeness (QED) is 0.747. The van der Waals surface area contributed by atoms with Gasteiger partial charge < -0.3 is 21.1 Å². The zero-order valence-electron chi connectivity index (χ0n) is 11.8. The monoisotopic (exact) mass is 279 g/mol. The van der Waals surface area contributed by atoms with Gasteiger partial charge in [0.15, 0.2) is 0 Å². The topological polar surface area (TPSA) is 98.7 Å². The molecule has 0 saturated carbocycles. The molecule has 1 unspecified atom stereocenters. The molecule has 20 heavy (non-hydrogen) atoms. The summed E-state index contributed by atoms with van der Waals surface area (Å²) in [6, 6.07) is 6.57. The van der Waals surface area contributed by atoms with Crippen LogP contribution in [0.4, 0.5) is 0 Å². The Balaban J connectivity index is 2.58. The Morgan fingerprint density at radius 1 is 1.30 bits per heavy atom. The first-order chi connectivity index (χ1) is 9.43. The lowest BCUT2D eigenvalue weighted by molar-refractivity contribution is -0.133. The zero-order chi connectivity index (χ0) is 15.1. The van der Waals surface area contributed by atoms with Crippen molar-refractivity contribution in [2.45, 2.75) is 25.9 Å². The van der Waals surface area contributed by atoms with Gasteiger partial charge in [0.1, 0.15) is 5.75 Å². The molecular formula is C14H21N3O3. The number of carbonyl (C=O) groups excluding carboxylic acids is 2. The summed E-state index contributed by atoms with van der Waals surface area (Å²) in [5, 5.41) is 0. The maximum absolute atomic E-state index is 11.9. The smallest absolute Gasteiger partial charge is 0.240 e. The van der Waals surface area contributed by atoms with Gasteiger partial charge in [0, 0.05) is 13.6 Å². The first-order valence-corrected chi connectivity index (χ1v) is 6.44. The fraction of sp³-hybridized carbons (Fsp3) is 0.429. The first-order valence-electron chi connectivity index (χ1n) is 6.44. The van der Waals surface area contributed by atoms with Crippen LogP contribution >= 0.6 is 0 Å². The number of primary amides is 1. The van der Waals surface area contributed by atoms with E-state index in [9.17, 15) is 9.59 Å². The highest BCUT2D eigenvalue weighted by atomic mass is 16.5. The molecule has 0 saturated heterocycles. The molecule has 0 fully saturated rings. The van der Waals surface area contributed by atoms with Crippen LogP contribution in [0, 0.1) is 0 Å². The number of benzene rings is 1. The average Bonchev–Trinajstić information content (AvgIpc) is 2.39. The van der Waals surface area contributed by atoms with Crippen molar-refractivity contribution < 1.29 is 14.3 Å². The van der Waals surface area contributed by atoms with Crippen molar-refractivity contribution in [3.05, 3.63) is 29.8 Å². The van der Waals surface area contributed by atoms with Crippen LogP contribution in [0.25, 0.3) is 0 Å². The van der Waals surface area contributed by atoms with Crippen LogP contribution in [0.1, 0.15) is 18.9 Å². The zero-order valence-corrected chi connectivity index (χ0v) is 11.8. The number of hydrogen-bond donors (Lipinski definition) is 2. The van der Waals surface area contributed by atoms with Crippen molar-refractivity contribution in [2.24, 2.45) is 11.5 Å². The molecule has 2 amide bonds. The van der Waals surface area contributed by atoms with Gasteiger partial charge in [-0.05, 0) is 24.6 Å². The lowest BCUT2D eigenvalue weighted by Gasteiger charge is -2.20. The standard InChI is InChI=1S/C14H21N3O3/c1-3-20-11-6-4-10(5-7-11)9-17(2)14(19)12(15)8-13(16)18/h4-7,12H,3,8-9,15H2,1-2H3,(H2,16,18). The van der Waals surface area contributed by atoms with Gasteiger partial charge in [-0.15, -0.1) is 0 Å². The Kier molecular flexibility index (Phi) is 5.99. The molecule has 1 rings (SSSR count). The highest BCUT2D eigenvalue weighted by molar-refractivity contribution is 5.87. The molecule has 0 spiro atoms. The maximum atomic E-state index is 11.9. The Morgan fingerprint density at radius 2 is 1.90 bits per heavy atom. The van der Waals surface area contributed by atoms with Gasteiger partial charge in [-0.25, -0.2) is 0 Å². The molecule has 0 aliphatic heterocycles. The van der Waals surface area contributed by atoms with E-state index < -0.39 is 11.9 Å². The van der Waals surface area contributed by atoms with Crippen molar-refractivity contribution in [3.8, 4) is 5.75 Å². The van der Waals surface area contributed by atoms with E-state index in [0.717, 1.165) is 11.3 Å². The second-order valence-electron chi connectivity index (χ2n) is 4.55. The lowest BCUT2D eigenvalue weighted by Crippen LogP contribution is -2.43. The molecule has 110 valence electrons. The number of nitrogens with two attached hydrogens (primary N) is 2. The van der Waals surface area contributed by atoms with Crippen molar-refractivity contribution in [1.82, 2.24) is 4.90 Å². The molecule has 0 heterocycles. The lowest BCUT2D eigenvalue weighted by atomic mass is 10.1. The van der Waals surface area contributed by atoms with Crippen LogP contribution in [0.2, 0.25) is 0 Å². The van der Waals surface area contributed by atoms with Crippen molar-refractivity contribution in [1.29, 1.82) is 0 Å². The van der Waals surface area contributed by atoms with E-state index in [4.69, 9.17) is 16.2 Å². The molecule has 1 atom stereocenters. The van der Waals surface area contributed by atoms with E-state index in [1.54, 1.807) is 7.05 Å². The molecule has 1 aromatic carbocycles. The molecule has 6 heteroatoms. The molecule has 0 radical (unpaired) electrons. The van der Waals surface area contributed by atoms with Crippen LogP contribution in [-0.2, 0) is 16.1 Å². The molecule has 0 aliphatic carbocycles. The fourth-order valence-electron chi connectivity index (χ4n) is 1.80. The van der Waals surface area contributed by atoms with Gasteiger partial charge in [0.25, 0.3) is 0 Å². The third kappa shape index (κ3) is 4.89. The van der Waals surface area contributed by atoms with Gasteiger partial charge in [-0.2, -0.15) is 0 Å². The molecule has 0 aliphatic rings. The van der Waals surface area contributed by atoms with Gasteiger partial charge in [0.05, 0.1) is 19.1 Å². The maximum Gasteiger partial charge on any atom is 0.240 e. The number of likely N-dealkylation sites (N-methyl/N-ethyl adjacent to an activating group) is 1. The van der Waals surface area contributed by atoms with Crippen LogP contribution < -0.4 is 16.2 Å². The van der Waals surface area contributed by atoms with E-state index in [-0.39, 0.29) is 12.3 Å². The van der Waals surface area contributed by atoms with Crippen molar-refractivity contribution >= 4 is 11.8 Å². The summed E-state index contributed by atoms with van der Waals surface area (Å²) in [5.74, 6) is -0.103. The largest absolute Gasteiger partial charge is 0.494 e. The Hall–Kier alpha value is -2.08. The minimum Gasteiger partial charge on any atom is -0.494 e. The second-order valence-corrected chi connectivity index (χ2v) is 4.55. The summed E-state index contributed by atoms with van der Waals surface area (Å²) >= 11 is 0. The number of ether oxygens (including phenoxy) is 1. The summed E-state index contributed by atoms with van der Waals surface area (Å²) in [7, 11) is 1.64. The van der Waals surface area contributed by atoms with E-state index in [2.05, 4.69) is 0 Å². The van der Waals surface area contributed by atoms with Gasteiger partial charge in [-0.1, -0.05) is 12.1 Å². The number of rotatable bonds is 7. The van der Waals surface area contributed by atoms with Gasteiger partial charge in [-0.3, -0.25) is 9.59 Å². The number of hydrogen-bond acceptors (Lipinski definition) is 4. The third-order valence-electron chi connectivity index (χ3n) is 2.77. The molecule has 4 N–H and O–H groups in total. The highest BCUT2D eigenvalue weighted by Gasteiger charge is 2.19. The summed E-state index contributed by atoms with van der Waals surface area (Å²) in [5.41, 5.74) is 11.6. The van der Waals surface area contributed by atoms with Crippen LogP contribution in [0.15, 0.2) is 24.3 Å². The van der Waals surface area contributed by atoms with E-state index in [1.807, 2.05) is 31.2 Å². The number of carbonyl (C=O) groups is 2. The van der Waals surface area contributed by atoms with E-state index in [1.165, 1.54) is 4.90 Å². The second kappa shape index (κ2) is 7.49. The van der Waals surface area contributed by atoms with Crippen LogP contribution in [0.5, 0.6) is 5.75 Å². The molecular weight excluding hydrogens is 258 g/mol. The first kappa shape index (κ1) is 16.0. The van der Waals surface area contributed by atoms with Crippen LogP contribution in [0.3, 0.4) is 0 Å². The number of nitrogens with zero attached hydrogens (tertiary/aromatic N) is 1. The summed E-state index contributed by atoms with van der Waals surface area (Å²) in [4.78, 5) is 24.1.